The second-order valence-corrected chi connectivity index (χ2v) is 7.18. The minimum atomic E-state index is -0.0176. The smallest absolute Gasteiger partial charge is 0.251 e. The zero-order valence-electron chi connectivity index (χ0n) is 14.7. The highest BCUT2D eigenvalue weighted by molar-refractivity contribution is 6.30. The van der Waals surface area contributed by atoms with E-state index in [1.807, 2.05) is 43.3 Å². The second kappa shape index (κ2) is 8.50. The number of piperidine rings is 1. The van der Waals surface area contributed by atoms with Crippen molar-refractivity contribution in [2.24, 2.45) is 0 Å². The Morgan fingerprint density at radius 1 is 1.04 bits per heavy atom. The van der Waals surface area contributed by atoms with E-state index in [1.165, 1.54) is 24.8 Å². The number of benzene rings is 2. The summed E-state index contributed by atoms with van der Waals surface area (Å²) in [7, 11) is 0. The van der Waals surface area contributed by atoms with Crippen molar-refractivity contribution in [2.75, 3.05) is 19.6 Å². The summed E-state index contributed by atoms with van der Waals surface area (Å²) in [5.74, 6) is -0.0176. The van der Waals surface area contributed by atoms with Gasteiger partial charge in [0.1, 0.15) is 0 Å². The molecule has 4 heteroatoms. The van der Waals surface area contributed by atoms with E-state index in [0.29, 0.717) is 12.1 Å². The second-order valence-electron chi connectivity index (χ2n) is 6.74. The predicted molar refractivity (Wildman–Crippen MR) is 103 cm³/mol. The van der Waals surface area contributed by atoms with Gasteiger partial charge in [0.15, 0.2) is 0 Å². The highest BCUT2D eigenvalue weighted by Gasteiger charge is 2.23. The average Bonchev–Trinajstić information content (AvgIpc) is 2.64. The molecule has 0 aromatic heterocycles. The van der Waals surface area contributed by atoms with E-state index in [1.54, 1.807) is 0 Å². The van der Waals surface area contributed by atoms with E-state index in [-0.39, 0.29) is 11.9 Å². The molecule has 1 saturated heterocycles. The molecule has 2 aromatic rings. The van der Waals surface area contributed by atoms with Gasteiger partial charge in [0, 0.05) is 17.1 Å². The number of hydrogen-bond acceptors (Lipinski definition) is 2. The molecule has 1 aliphatic heterocycles. The van der Waals surface area contributed by atoms with Crippen molar-refractivity contribution in [1.29, 1.82) is 0 Å². The van der Waals surface area contributed by atoms with Crippen molar-refractivity contribution < 1.29 is 4.79 Å². The number of carbonyl (C=O) groups excluding carboxylic acids is 1. The lowest BCUT2D eigenvalue weighted by Crippen LogP contribution is -2.40. The molecule has 1 heterocycles. The molecule has 132 valence electrons. The van der Waals surface area contributed by atoms with Crippen molar-refractivity contribution in [3.8, 4) is 0 Å². The van der Waals surface area contributed by atoms with Gasteiger partial charge < -0.3 is 5.32 Å². The average molecular weight is 357 g/mol. The van der Waals surface area contributed by atoms with Crippen LogP contribution in [0.15, 0.2) is 48.5 Å². The van der Waals surface area contributed by atoms with Crippen LogP contribution in [-0.2, 0) is 0 Å². The van der Waals surface area contributed by atoms with Crippen LogP contribution >= 0.6 is 11.6 Å². The summed E-state index contributed by atoms with van der Waals surface area (Å²) in [5.41, 5.74) is 3.07. The number of hydrogen-bond donors (Lipinski definition) is 1. The third-order valence-electron chi connectivity index (χ3n) is 4.86. The summed E-state index contributed by atoms with van der Waals surface area (Å²) in [6, 6.07) is 15.9. The van der Waals surface area contributed by atoms with Crippen LogP contribution in [0.1, 0.15) is 46.8 Å². The van der Waals surface area contributed by atoms with Gasteiger partial charge in [0.05, 0.1) is 6.04 Å². The Balaban J connectivity index is 1.71. The van der Waals surface area contributed by atoms with Gasteiger partial charge >= 0.3 is 0 Å². The lowest BCUT2D eigenvalue weighted by Gasteiger charge is -2.35. The van der Waals surface area contributed by atoms with E-state index in [2.05, 4.69) is 22.3 Å². The van der Waals surface area contributed by atoms with Crippen LogP contribution in [0.25, 0.3) is 0 Å². The summed E-state index contributed by atoms with van der Waals surface area (Å²) >= 11 is 6.04. The fourth-order valence-electron chi connectivity index (χ4n) is 3.37. The monoisotopic (exact) mass is 356 g/mol. The Kier molecular flexibility index (Phi) is 6.11. The van der Waals surface area contributed by atoms with Gasteiger partial charge in [-0.2, -0.15) is 0 Å². The van der Waals surface area contributed by atoms with Crippen LogP contribution < -0.4 is 5.32 Å². The van der Waals surface area contributed by atoms with Gasteiger partial charge in [-0.05, 0) is 62.7 Å². The predicted octanol–water partition coefficient (Wildman–Crippen LogP) is 4.61. The Hall–Kier alpha value is -1.84. The molecule has 0 bridgehead atoms. The molecule has 3 rings (SSSR count). The molecule has 1 atom stereocenters. The summed E-state index contributed by atoms with van der Waals surface area (Å²) in [4.78, 5) is 15.0. The first-order valence-corrected chi connectivity index (χ1v) is 9.35. The summed E-state index contributed by atoms with van der Waals surface area (Å²) in [5, 5.41) is 3.86. The normalized spacial score (nSPS) is 16.4. The van der Waals surface area contributed by atoms with Gasteiger partial charge in [-0.1, -0.05) is 47.9 Å². The number of carbonyl (C=O) groups is 1. The van der Waals surface area contributed by atoms with Crippen LogP contribution in [-0.4, -0.2) is 30.4 Å². The maximum atomic E-state index is 12.5. The fraction of sp³-hybridized carbons (Fsp3) is 0.381. The Labute approximate surface area is 155 Å². The molecular formula is C21H25ClN2O. The van der Waals surface area contributed by atoms with Gasteiger partial charge in [0.2, 0.25) is 0 Å². The minimum Gasteiger partial charge on any atom is -0.350 e. The number of nitrogens with one attached hydrogen (secondary N) is 1. The third kappa shape index (κ3) is 4.83. The summed E-state index contributed by atoms with van der Waals surface area (Å²) in [6.45, 7) is 4.78. The quantitative estimate of drug-likeness (QED) is 0.848. The molecule has 3 nitrogen and oxygen atoms in total. The van der Waals surface area contributed by atoms with Crippen LogP contribution in [0.5, 0.6) is 0 Å². The van der Waals surface area contributed by atoms with Gasteiger partial charge in [-0.25, -0.2) is 0 Å². The van der Waals surface area contributed by atoms with E-state index < -0.39 is 0 Å². The zero-order valence-corrected chi connectivity index (χ0v) is 15.4. The lowest BCUT2D eigenvalue weighted by molar-refractivity contribution is 0.0924. The molecule has 1 aliphatic rings. The molecule has 0 aliphatic carbocycles. The summed E-state index contributed by atoms with van der Waals surface area (Å²) < 4.78 is 0. The molecular weight excluding hydrogens is 332 g/mol. The van der Waals surface area contributed by atoms with Crippen LogP contribution in [0, 0.1) is 6.92 Å². The molecule has 25 heavy (non-hydrogen) atoms. The number of nitrogens with zero attached hydrogens (tertiary/aromatic N) is 1. The van der Waals surface area contributed by atoms with E-state index in [4.69, 9.17) is 11.6 Å². The maximum Gasteiger partial charge on any atom is 0.251 e. The number of likely N-dealkylation sites (tertiary alicyclic amines) is 1. The zero-order chi connectivity index (χ0) is 17.6. The highest BCUT2D eigenvalue weighted by Crippen LogP contribution is 2.25. The largest absolute Gasteiger partial charge is 0.350 e. The molecule has 1 amide bonds. The van der Waals surface area contributed by atoms with Crippen molar-refractivity contribution in [2.45, 2.75) is 32.2 Å². The minimum absolute atomic E-state index is 0.0176. The van der Waals surface area contributed by atoms with E-state index >= 15 is 0 Å². The maximum absolute atomic E-state index is 12.5. The molecule has 0 spiro atoms. The Bertz CT molecular complexity index is 691. The standard InChI is InChI=1S/C21H25ClN2O/c1-16-5-7-18(8-6-16)21(25)23-15-20(24-13-3-2-4-14-24)17-9-11-19(22)12-10-17/h5-12,20H,2-4,13-15H2,1H3,(H,23,25)/t20-/m1/s1. The van der Waals surface area contributed by atoms with Crippen molar-refractivity contribution in [3.63, 3.8) is 0 Å². The number of halogens is 1. The van der Waals surface area contributed by atoms with Gasteiger partial charge in [-0.15, -0.1) is 0 Å². The van der Waals surface area contributed by atoms with Gasteiger partial charge in [0.25, 0.3) is 5.91 Å². The number of rotatable bonds is 5. The third-order valence-corrected chi connectivity index (χ3v) is 5.11. The topological polar surface area (TPSA) is 32.3 Å². The van der Waals surface area contributed by atoms with E-state index in [9.17, 15) is 4.79 Å². The van der Waals surface area contributed by atoms with Crippen LogP contribution in [0.2, 0.25) is 5.02 Å². The van der Waals surface area contributed by atoms with E-state index in [0.717, 1.165) is 23.7 Å². The van der Waals surface area contributed by atoms with Crippen LogP contribution in [0.4, 0.5) is 0 Å². The first-order chi connectivity index (χ1) is 12.1. The van der Waals surface area contributed by atoms with Crippen molar-refractivity contribution in [1.82, 2.24) is 10.2 Å². The lowest BCUT2D eigenvalue weighted by atomic mass is 10.0. The highest BCUT2D eigenvalue weighted by atomic mass is 35.5. The molecule has 1 fully saturated rings. The molecule has 2 aromatic carbocycles. The number of aryl methyl sites for hydroxylation is 1. The van der Waals surface area contributed by atoms with Crippen LogP contribution in [0.3, 0.4) is 0 Å². The fourth-order valence-corrected chi connectivity index (χ4v) is 3.50. The van der Waals surface area contributed by atoms with Crippen molar-refractivity contribution in [3.05, 3.63) is 70.2 Å². The number of amides is 1. The molecule has 0 radical (unpaired) electrons. The first-order valence-electron chi connectivity index (χ1n) is 8.98. The summed E-state index contributed by atoms with van der Waals surface area (Å²) in [6.07, 6.45) is 3.73. The van der Waals surface area contributed by atoms with Crippen molar-refractivity contribution >= 4 is 17.5 Å². The molecule has 0 unspecified atom stereocenters. The molecule has 0 saturated carbocycles. The molecule has 1 N–H and O–H groups in total. The Morgan fingerprint density at radius 2 is 1.68 bits per heavy atom. The SMILES string of the molecule is Cc1ccc(C(=O)NC[C@H](c2ccc(Cl)cc2)N2CCCCC2)cc1. The first kappa shape index (κ1) is 18.0. The van der Waals surface area contributed by atoms with Gasteiger partial charge in [-0.3, -0.25) is 9.69 Å². The Morgan fingerprint density at radius 3 is 2.32 bits per heavy atom.